The zero-order chi connectivity index (χ0) is 25.4. The average Bonchev–Trinajstić information content (AvgIpc) is 2.98. The van der Waals surface area contributed by atoms with Crippen molar-refractivity contribution in [3.05, 3.63) is 72.4 Å². The smallest absolute Gasteiger partial charge is 0.446 e. The third-order valence-corrected chi connectivity index (χ3v) is 6.44. The monoisotopic (exact) mass is 501 g/mol. The summed E-state index contributed by atoms with van der Waals surface area (Å²) in [5.41, 5.74) is -3.01. The Hall–Kier alpha value is -3.53. The topological polar surface area (TPSA) is 62.7 Å². The van der Waals surface area contributed by atoms with Gasteiger partial charge in [0, 0.05) is 23.2 Å². The van der Waals surface area contributed by atoms with E-state index in [-0.39, 0.29) is 28.9 Å². The number of rotatable bonds is 6. The molecule has 10 heteroatoms. The first-order valence-corrected chi connectivity index (χ1v) is 11.4. The minimum absolute atomic E-state index is 0.0284. The van der Waals surface area contributed by atoms with Crippen LogP contribution in [-0.4, -0.2) is 40.0 Å². The van der Waals surface area contributed by atoms with E-state index in [1.807, 2.05) is 30.3 Å². The standard InChI is InChI=1S/C25H22F3N3O3S/c1-24(2)22(32)31(18-6-10-20(11-7-18)35-25(26,27)28)23(33)30(24)15-16-12-13-29-21(14-16)17-4-8-19(34-3)9-5-17/h4-14H,15H2,1-3H3. The molecule has 2 heterocycles. The number of urea groups is 1. The summed E-state index contributed by atoms with van der Waals surface area (Å²) < 4.78 is 43.1. The summed E-state index contributed by atoms with van der Waals surface area (Å²) >= 11 is -0.255. The molecule has 0 spiro atoms. The molecule has 2 aromatic carbocycles. The second kappa shape index (κ2) is 9.26. The van der Waals surface area contributed by atoms with Crippen molar-refractivity contribution in [1.82, 2.24) is 9.88 Å². The highest BCUT2D eigenvalue weighted by molar-refractivity contribution is 8.00. The van der Waals surface area contributed by atoms with Crippen LogP contribution in [-0.2, 0) is 11.3 Å². The molecule has 0 bridgehead atoms. The number of aromatic nitrogens is 1. The zero-order valence-electron chi connectivity index (χ0n) is 19.2. The van der Waals surface area contributed by atoms with Crippen molar-refractivity contribution in [3.8, 4) is 17.0 Å². The second-order valence-electron chi connectivity index (χ2n) is 8.39. The van der Waals surface area contributed by atoms with Crippen LogP contribution in [0.2, 0.25) is 0 Å². The number of amides is 3. The van der Waals surface area contributed by atoms with Crippen LogP contribution in [0, 0.1) is 0 Å². The molecular weight excluding hydrogens is 479 g/mol. The number of hydrogen-bond acceptors (Lipinski definition) is 5. The van der Waals surface area contributed by atoms with Crippen molar-refractivity contribution >= 4 is 29.4 Å². The normalized spacial score (nSPS) is 15.6. The average molecular weight is 502 g/mol. The quantitative estimate of drug-likeness (QED) is 0.301. The van der Waals surface area contributed by atoms with Crippen molar-refractivity contribution in [2.24, 2.45) is 0 Å². The lowest BCUT2D eigenvalue weighted by Crippen LogP contribution is -2.43. The molecule has 0 saturated carbocycles. The second-order valence-corrected chi connectivity index (χ2v) is 9.53. The summed E-state index contributed by atoms with van der Waals surface area (Å²) in [6, 6.07) is 15.7. The third-order valence-electron chi connectivity index (χ3n) is 5.70. The van der Waals surface area contributed by atoms with E-state index >= 15 is 0 Å². The number of hydrogen-bond donors (Lipinski definition) is 0. The number of pyridine rings is 1. The molecule has 4 rings (SSSR count). The Morgan fingerprint density at radius 1 is 1.00 bits per heavy atom. The molecular formula is C25H22F3N3O3S. The van der Waals surface area contributed by atoms with Crippen molar-refractivity contribution in [2.45, 2.75) is 36.3 Å². The van der Waals surface area contributed by atoms with Crippen LogP contribution in [0.1, 0.15) is 19.4 Å². The maximum atomic E-state index is 13.3. The molecule has 1 aliphatic heterocycles. The van der Waals surface area contributed by atoms with Crippen molar-refractivity contribution in [1.29, 1.82) is 0 Å². The van der Waals surface area contributed by atoms with Gasteiger partial charge in [-0.2, -0.15) is 13.2 Å². The maximum absolute atomic E-state index is 13.3. The highest BCUT2D eigenvalue weighted by Crippen LogP contribution is 2.39. The highest BCUT2D eigenvalue weighted by atomic mass is 32.2. The minimum atomic E-state index is -4.42. The van der Waals surface area contributed by atoms with Crippen LogP contribution in [0.15, 0.2) is 71.8 Å². The van der Waals surface area contributed by atoms with Crippen LogP contribution in [0.5, 0.6) is 5.75 Å². The van der Waals surface area contributed by atoms with E-state index in [1.165, 1.54) is 29.2 Å². The summed E-state index contributed by atoms with van der Waals surface area (Å²) in [5, 5.41) is 0. The van der Waals surface area contributed by atoms with Crippen LogP contribution in [0.25, 0.3) is 11.3 Å². The van der Waals surface area contributed by atoms with Crippen molar-refractivity contribution in [2.75, 3.05) is 12.0 Å². The minimum Gasteiger partial charge on any atom is -0.497 e. The van der Waals surface area contributed by atoms with Crippen LogP contribution in [0.3, 0.4) is 0 Å². The van der Waals surface area contributed by atoms with Gasteiger partial charge in [0.05, 0.1) is 18.5 Å². The van der Waals surface area contributed by atoms with Gasteiger partial charge in [-0.25, -0.2) is 9.69 Å². The Morgan fingerprint density at radius 2 is 1.66 bits per heavy atom. The predicted molar refractivity (Wildman–Crippen MR) is 127 cm³/mol. The van der Waals surface area contributed by atoms with E-state index in [0.29, 0.717) is 5.69 Å². The van der Waals surface area contributed by atoms with Crippen LogP contribution in [0.4, 0.5) is 23.7 Å². The van der Waals surface area contributed by atoms with E-state index < -0.39 is 23.0 Å². The number of carbonyl (C=O) groups is 2. The number of anilines is 1. The largest absolute Gasteiger partial charge is 0.497 e. The number of imide groups is 1. The number of thioether (sulfide) groups is 1. The molecule has 6 nitrogen and oxygen atoms in total. The van der Waals surface area contributed by atoms with Gasteiger partial charge < -0.3 is 9.64 Å². The highest BCUT2D eigenvalue weighted by Gasteiger charge is 2.51. The van der Waals surface area contributed by atoms with Gasteiger partial charge >= 0.3 is 11.5 Å². The Bertz CT molecular complexity index is 1250. The first-order valence-electron chi connectivity index (χ1n) is 10.6. The predicted octanol–water partition coefficient (Wildman–Crippen LogP) is 6.12. The number of benzene rings is 2. The number of nitrogens with zero attached hydrogens (tertiary/aromatic N) is 3. The molecule has 182 valence electrons. The van der Waals surface area contributed by atoms with Gasteiger partial charge in [0.2, 0.25) is 0 Å². The van der Waals surface area contributed by atoms with Crippen molar-refractivity contribution in [3.63, 3.8) is 0 Å². The molecule has 1 fully saturated rings. The molecule has 0 unspecified atom stereocenters. The summed E-state index contributed by atoms with van der Waals surface area (Å²) in [7, 11) is 1.59. The first kappa shape index (κ1) is 24.6. The summed E-state index contributed by atoms with van der Waals surface area (Å²) in [6.45, 7) is 3.45. The van der Waals surface area contributed by atoms with Gasteiger partial charge in [-0.15, -0.1) is 0 Å². The van der Waals surface area contributed by atoms with E-state index in [1.54, 1.807) is 33.2 Å². The molecule has 1 saturated heterocycles. The fourth-order valence-corrected chi connectivity index (χ4v) is 4.34. The van der Waals surface area contributed by atoms with Gasteiger partial charge in [-0.3, -0.25) is 9.78 Å². The fourth-order valence-electron chi connectivity index (χ4n) is 3.80. The van der Waals surface area contributed by atoms with Gasteiger partial charge in [-0.05, 0) is 91.8 Å². The van der Waals surface area contributed by atoms with Gasteiger partial charge in [0.15, 0.2) is 0 Å². The van der Waals surface area contributed by atoms with Gasteiger partial charge in [-0.1, -0.05) is 0 Å². The van der Waals surface area contributed by atoms with Gasteiger partial charge in [0.1, 0.15) is 11.3 Å². The molecule has 0 aliphatic carbocycles. The number of halogens is 3. The molecule has 3 aromatic rings. The van der Waals surface area contributed by atoms with Crippen LogP contribution < -0.4 is 9.64 Å². The molecule has 0 radical (unpaired) electrons. The number of methoxy groups -OCH3 is 1. The zero-order valence-corrected chi connectivity index (χ0v) is 20.0. The molecule has 1 aliphatic rings. The van der Waals surface area contributed by atoms with Crippen LogP contribution >= 0.6 is 11.8 Å². The number of carbonyl (C=O) groups excluding carboxylic acids is 2. The SMILES string of the molecule is COc1ccc(-c2cc(CN3C(=O)N(c4ccc(SC(F)(F)F)cc4)C(=O)C3(C)C)ccn2)cc1. The Morgan fingerprint density at radius 3 is 2.26 bits per heavy atom. The number of alkyl halides is 3. The molecule has 3 amide bonds. The lowest BCUT2D eigenvalue weighted by Gasteiger charge is -2.27. The summed E-state index contributed by atoms with van der Waals surface area (Å²) in [6.07, 6.45) is 1.64. The Labute approximate surface area is 204 Å². The summed E-state index contributed by atoms with van der Waals surface area (Å²) in [5.74, 6) is 0.265. The van der Waals surface area contributed by atoms with E-state index in [9.17, 15) is 22.8 Å². The fraction of sp³-hybridized carbons (Fsp3) is 0.240. The lowest BCUT2D eigenvalue weighted by atomic mass is 10.0. The van der Waals surface area contributed by atoms with Crippen molar-refractivity contribution < 1.29 is 27.5 Å². The lowest BCUT2D eigenvalue weighted by molar-refractivity contribution is -0.123. The number of ether oxygens (including phenoxy) is 1. The maximum Gasteiger partial charge on any atom is 0.446 e. The Balaban J connectivity index is 1.57. The Kier molecular flexibility index (Phi) is 6.50. The van der Waals surface area contributed by atoms with Gasteiger partial charge in [0.25, 0.3) is 5.91 Å². The van der Waals surface area contributed by atoms with E-state index in [0.717, 1.165) is 21.8 Å². The molecule has 1 aromatic heterocycles. The third kappa shape index (κ3) is 5.12. The molecule has 0 atom stereocenters. The molecule has 35 heavy (non-hydrogen) atoms. The van der Waals surface area contributed by atoms with E-state index in [2.05, 4.69) is 4.98 Å². The summed E-state index contributed by atoms with van der Waals surface area (Å²) in [4.78, 5) is 33.3. The van der Waals surface area contributed by atoms with E-state index in [4.69, 9.17) is 4.74 Å². The molecule has 0 N–H and O–H groups in total. The first-order chi connectivity index (χ1) is 16.5.